The number of ether oxygens (including phenoxy) is 8. The lowest BCUT2D eigenvalue weighted by atomic mass is 9.85. The van der Waals surface area contributed by atoms with Gasteiger partial charge in [-0.05, 0) is 238 Å². The van der Waals surface area contributed by atoms with E-state index in [-0.39, 0.29) is 172 Å². The van der Waals surface area contributed by atoms with Crippen molar-refractivity contribution in [2.24, 2.45) is 0 Å². The van der Waals surface area contributed by atoms with E-state index in [0.29, 0.717) is 79.3 Å². The number of halogens is 10. The van der Waals surface area contributed by atoms with E-state index < -0.39 is 86.8 Å². The van der Waals surface area contributed by atoms with Gasteiger partial charge in [-0.3, -0.25) is 19.2 Å². The second-order valence-electron chi connectivity index (χ2n) is 33.5. The minimum atomic E-state index is -3.50. The van der Waals surface area contributed by atoms with Crippen LogP contribution in [-0.2, 0) is 81.4 Å². The molecule has 2 aromatic heterocycles. The van der Waals surface area contributed by atoms with Gasteiger partial charge in [0.2, 0.25) is 46.6 Å². The number of hydrogen-bond donors (Lipinski definition) is 8. The van der Waals surface area contributed by atoms with Crippen molar-refractivity contribution in [1.82, 2.24) is 21.3 Å². The Morgan fingerprint density at radius 1 is 0.336 bits per heavy atom. The number of aromatic hydroxyl groups is 4. The van der Waals surface area contributed by atoms with Gasteiger partial charge in [0.15, 0.2) is 57.3 Å². The number of phenols is 4. The Hall–Kier alpha value is -15.5. The van der Waals surface area contributed by atoms with Crippen molar-refractivity contribution >= 4 is 45.9 Å². The van der Waals surface area contributed by atoms with Gasteiger partial charge in [0.25, 0.3) is 11.8 Å². The number of phenolic OH excluding ortho intramolecular Hbond substituents is 4. The van der Waals surface area contributed by atoms with Gasteiger partial charge in [-0.2, -0.15) is 0 Å². The zero-order valence-corrected chi connectivity index (χ0v) is 78.3. The highest BCUT2D eigenvalue weighted by atomic mass is 19.3. The summed E-state index contributed by atoms with van der Waals surface area (Å²) in [5, 5.41) is 51.8. The molecule has 0 aliphatic heterocycles. The fourth-order valence-corrected chi connectivity index (χ4v) is 18.0. The van der Waals surface area contributed by atoms with Crippen molar-refractivity contribution in [2.45, 2.75) is 127 Å². The largest absolute Gasteiger partial charge is 0.502 e. The number of furan rings is 2. The molecule has 32 heteroatoms. The molecule has 732 valence electrons. The fraction of sp³-hybridized carbons (Fsp3) is 0.259. The van der Waals surface area contributed by atoms with Crippen molar-refractivity contribution in [3.63, 3.8) is 0 Å². The predicted octanol–water partition coefficient (Wildman–Crippen LogP) is 21.9. The molecule has 22 nitrogen and oxygen atoms in total. The maximum Gasteiger partial charge on any atom is 0.283 e. The summed E-state index contributed by atoms with van der Waals surface area (Å²) in [7, 11) is 10.6. The van der Waals surface area contributed by atoms with Crippen molar-refractivity contribution in [2.75, 3.05) is 56.9 Å². The van der Waals surface area contributed by atoms with E-state index in [0.717, 1.165) is 47.5 Å². The summed E-state index contributed by atoms with van der Waals surface area (Å²) >= 11 is 0. The van der Waals surface area contributed by atoms with Crippen molar-refractivity contribution in [1.29, 1.82) is 0 Å². The van der Waals surface area contributed by atoms with Gasteiger partial charge in [0.05, 0.1) is 120 Å². The summed E-state index contributed by atoms with van der Waals surface area (Å²) in [6.45, 7) is 7.26. The number of hydrogen-bond acceptors (Lipinski definition) is 18. The van der Waals surface area contributed by atoms with Crippen LogP contribution in [0, 0.1) is 23.3 Å². The van der Waals surface area contributed by atoms with E-state index in [2.05, 4.69) is 21.3 Å². The molecule has 16 rings (SSSR count). The Kier molecular flexibility index (Phi) is 31.6. The van der Waals surface area contributed by atoms with Crippen LogP contribution in [0.1, 0.15) is 155 Å². The number of carbonyl (C=O) groups excluding carboxylic acids is 4. The van der Waals surface area contributed by atoms with E-state index in [1.807, 2.05) is 60.7 Å². The van der Waals surface area contributed by atoms with Crippen LogP contribution in [0.4, 0.5) is 43.9 Å². The van der Waals surface area contributed by atoms with Crippen LogP contribution >= 0.6 is 0 Å². The monoisotopic (exact) mass is 1930 g/mol. The fourth-order valence-electron chi connectivity index (χ4n) is 18.0. The molecule has 4 aliphatic carbocycles. The first-order valence-corrected chi connectivity index (χ1v) is 44.0. The molecule has 0 fully saturated rings. The Bertz CT molecular complexity index is 6650. The molecule has 0 bridgehead atoms. The molecule has 2 heterocycles. The van der Waals surface area contributed by atoms with Crippen molar-refractivity contribution in [3.8, 4) is 69.0 Å². The summed E-state index contributed by atoms with van der Waals surface area (Å²) in [6, 6.07) is 51.0. The number of alkyl halides is 6. The number of rotatable bonds is 32. The highest BCUT2D eigenvalue weighted by Gasteiger charge is 2.52. The van der Waals surface area contributed by atoms with E-state index in [1.165, 1.54) is 156 Å². The lowest BCUT2D eigenvalue weighted by molar-refractivity contribution is -0.121. The average molecular weight is 1930 g/mol. The Morgan fingerprint density at radius 2 is 0.607 bits per heavy atom. The summed E-state index contributed by atoms with van der Waals surface area (Å²) in [5.74, 6) is -13.6. The first-order chi connectivity index (χ1) is 66.9. The lowest BCUT2D eigenvalue weighted by Crippen LogP contribution is -2.24. The normalized spacial score (nSPS) is 16.0. The van der Waals surface area contributed by atoms with E-state index in [1.54, 1.807) is 50.2 Å². The first-order valence-electron chi connectivity index (χ1n) is 44.0. The van der Waals surface area contributed by atoms with Crippen molar-refractivity contribution < 1.29 is 130 Å². The van der Waals surface area contributed by atoms with Crippen LogP contribution in [0.15, 0.2) is 250 Å². The van der Waals surface area contributed by atoms with Gasteiger partial charge in [-0.15, -0.1) is 0 Å². The smallest absolute Gasteiger partial charge is 0.283 e. The third-order valence-corrected chi connectivity index (χ3v) is 25.2. The lowest BCUT2D eigenvalue weighted by Gasteiger charge is -2.27. The van der Waals surface area contributed by atoms with E-state index in [4.69, 9.17) is 46.7 Å². The molecule has 4 atom stereocenters. The Labute approximate surface area is 800 Å². The van der Waals surface area contributed by atoms with E-state index in [9.17, 15) is 57.2 Å². The van der Waals surface area contributed by atoms with Crippen LogP contribution in [0.5, 0.6) is 69.0 Å². The maximum absolute atomic E-state index is 16.8. The van der Waals surface area contributed by atoms with Crippen LogP contribution in [0.3, 0.4) is 0 Å². The van der Waals surface area contributed by atoms with Crippen LogP contribution in [0.2, 0.25) is 0 Å². The molecule has 0 saturated carbocycles. The summed E-state index contributed by atoms with van der Waals surface area (Å²) in [5.41, 5.74) is 3.07. The minimum Gasteiger partial charge on any atom is -0.502 e. The molecular formula is C108H102F10N4O18. The van der Waals surface area contributed by atoms with Gasteiger partial charge in [-0.25, -0.2) is 43.9 Å². The van der Waals surface area contributed by atoms with Crippen LogP contribution in [-0.4, -0.2) is 101 Å². The topological polar surface area (TPSA) is 297 Å². The quantitative estimate of drug-likeness (QED) is 0.0182. The number of methoxy groups -OCH3 is 8. The zero-order chi connectivity index (χ0) is 101. The number of benzene rings is 10. The standard InChI is InChI=1S/C28H26F3NO4.C28H27F2NO4.C26H24F3NO5.C26H25F2NO5/c1-16-21(14-25(33)32-15-17-7-5-4-6-8-17)22-13-19(29)9-10-20(22)26(16)28(30,31)18-11-23(35-2)27(34)24(12-18)36-3;1-17-21(14-26(32)31-16-18-7-5-4-6-8-18)22-13-20(29)9-10-23(22)28(17,30)15-19-11-24(34-2)27(33)25(12-19)35-3;1-14-19(12-23(31)30-13-17-5-4-8-35-17)20-11-16(27)6-7-18(20)24(14)26(28,29)15-9-21(33-2)25(32)22(10-15)34-3;1-15-19(12-24(30)29-14-18-5-4-8-34-18)20-11-17(27)6-7-21(20)26(15,28)13-16-9-22(32-2)25(31)23(10-16)33-3/h4-13,26,34H,14-15H2,1-3H3,(H,32,33);4-13,33H,14-16H2,1-3H3,(H,31,32);4-11,24,32H,12-13H2,1-3H3,(H,30,31);4-11,31H,12-14H2,1-3H3,(H,29,30). The van der Waals surface area contributed by atoms with Gasteiger partial charge >= 0.3 is 0 Å². The van der Waals surface area contributed by atoms with Crippen LogP contribution in [0.25, 0.3) is 22.3 Å². The number of fused-ring (bicyclic) bond motifs is 4. The zero-order valence-electron chi connectivity index (χ0n) is 78.3. The highest BCUT2D eigenvalue weighted by Crippen LogP contribution is 2.60. The number of amides is 4. The van der Waals surface area contributed by atoms with Gasteiger partial charge in [-0.1, -0.05) is 96.1 Å². The molecule has 0 radical (unpaired) electrons. The maximum atomic E-state index is 16.8. The molecule has 10 aromatic carbocycles. The highest BCUT2D eigenvalue weighted by molar-refractivity contribution is 5.96. The average Bonchev–Trinajstić information content (AvgIpc) is 1.60. The molecule has 0 saturated heterocycles. The summed E-state index contributed by atoms with van der Waals surface area (Å²) < 4.78 is 206. The third-order valence-electron chi connectivity index (χ3n) is 25.2. The molecule has 4 unspecified atom stereocenters. The van der Waals surface area contributed by atoms with Crippen molar-refractivity contribution in [3.05, 3.63) is 354 Å². The Balaban J connectivity index is 0.000000157. The van der Waals surface area contributed by atoms with E-state index >= 15 is 26.3 Å². The third kappa shape index (κ3) is 21.7. The van der Waals surface area contributed by atoms with Crippen LogP contribution < -0.4 is 59.2 Å². The molecule has 8 N–H and O–H groups in total. The second kappa shape index (κ2) is 43.5. The minimum absolute atomic E-state index is 0.0803. The summed E-state index contributed by atoms with van der Waals surface area (Å²) in [4.78, 5) is 50.8. The SMILES string of the molecule is COc1cc(C(F)(F)C2C(C)=C(CC(=O)NCc3ccccc3)c3cc(F)ccc32)cc(OC)c1O.COc1cc(C(F)(F)C2C(C)=C(CC(=O)NCc3ccco3)c3cc(F)ccc32)cc(OC)c1O.COc1cc(CC2(F)C(C)=C(CC(=O)NCc3ccccc3)c3cc(F)ccc32)cc(OC)c1O.COc1cc(CC2(F)C(C)=C(CC(=O)NCc3ccco3)c3cc(F)ccc32)cc(OC)c1O. The number of nitrogens with one attached hydrogen (secondary N) is 4. The molecule has 4 aliphatic rings. The molecule has 0 spiro atoms. The first kappa shape index (κ1) is 102. The summed E-state index contributed by atoms with van der Waals surface area (Å²) in [6.07, 6.45) is 2.17. The predicted molar refractivity (Wildman–Crippen MR) is 503 cm³/mol. The molecule has 140 heavy (non-hydrogen) atoms. The molecule has 4 amide bonds. The number of carbonyl (C=O) groups is 4. The number of allylic oxidation sites excluding steroid dienone is 4. The molecule has 12 aromatic rings. The van der Waals surface area contributed by atoms with Gasteiger partial charge in [0, 0.05) is 48.2 Å². The van der Waals surface area contributed by atoms with Gasteiger partial charge < -0.3 is 88.4 Å². The molecular weight excluding hydrogens is 1830 g/mol. The second-order valence-corrected chi connectivity index (χ2v) is 33.5. The van der Waals surface area contributed by atoms with Gasteiger partial charge in [0.1, 0.15) is 34.8 Å². The Morgan fingerprint density at radius 3 is 0.893 bits per heavy atom.